The molecule has 0 radical (unpaired) electrons. The van der Waals surface area contributed by atoms with Gasteiger partial charge in [-0.25, -0.2) is 0 Å². The van der Waals surface area contributed by atoms with E-state index in [1.165, 1.54) is 25.7 Å². The quantitative estimate of drug-likeness (QED) is 0.815. The minimum Gasteiger partial charge on any atom is -0.339 e. The largest absolute Gasteiger partial charge is 0.339 e. The number of nitrogens with one attached hydrogen (secondary N) is 1. The van der Waals surface area contributed by atoms with E-state index in [2.05, 4.69) is 15.5 Å². The molecule has 82 valence electrons. The number of nitrogens with zero attached hydrogens (tertiary/aromatic N) is 2. The second-order valence-electron chi connectivity index (χ2n) is 4.76. The molecule has 2 aliphatic rings. The molecule has 4 heteroatoms. The van der Waals surface area contributed by atoms with Crippen molar-refractivity contribution in [2.75, 3.05) is 13.1 Å². The maximum atomic E-state index is 5.29. The fraction of sp³-hybridized carbons (Fsp3) is 0.818. The third-order valence-corrected chi connectivity index (χ3v) is 3.53. The summed E-state index contributed by atoms with van der Waals surface area (Å²) in [6.45, 7) is 2.20. The van der Waals surface area contributed by atoms with Crippen LogP contribution >= 0.6 is 0 Å². The molecule has 0 atom stereocenters. The van der Waals surface area contributed by atoms with Crippen molar-refractivity contribution in [3.8, 4) is 0 Å². The van der Waals surface area contributed by atoms with Crippen molar-refractivity contribution in [1.82, 2.24) is 15.5 Å². The van der Waals surface area contributed by atoms with E-state index >= 15 is 0 Å². The average molecular weight is 207 g/mol. The summed E-state index contributed by atoms with van der Waals surface area (Å²) in [7, 11) is 0. The molecule has 1 saturated heterocycles. The Morgan fingerprint density at radius 1 is 1.27 bits per heavy atom. The van der Waals surface area contributed by atoms with Gasteiger partial charge in [0.1, 0.15) is 0 Å². The van der Waals surface area contributed by atoms with Crippen molar-refractivity contribution in [2.45, 2.75) is 38.0 Å². The summed E-state index contributed by atoms with van der Waals surface area (Å²) < 4.78 is 5.29. The third kappa shape index (κ3) is 1.91. The predicted octanol–water partition coefficient (Wildman–Crippen LogP) is 1.49. The molecule has 1 saturated carbocycles. The Bertz CT molecular complexity index is 326. The van der Waals surface area contributed by atoms with E-state index in [0.717, 1.165) is 31.2 Å². The van der Waals surface area contributed by atoms with Crippen LogP contribution in [0.3, 0.4) is 0 Å². The molecular formula is C11H17N3O. The van der Waals surface area contributed by atoms with Crippen LogP contribution in [0.15, 0.2) is 4.52 Å². The molecular weight excluding hydrogens is 190 g/mol. The van der Waals surface area contributed by atoms with Crippen molar-refractivity contribution >= 4 is 0 Å². The molecule has 0 bridgehead atoms. The minimum absolute atomic E-state index is 0.571. The Kier molecular flexibility index (Phi) is 2.44. The standard InChI is InChI=1S/C11H17N3O/c1-2-4-9(3-1)11-13-10(15-14-11)5-8-6-12-7-8/h8-9,12H,1-7H2. The monoisotopic (exact) mass is 207 g/mol. The van der Waals surface area contributed by atoms with Crippen molar-refractivity contribution < 1.29 is 4.52 Å². The Morgan fingerprint density at radius 3 is 2.73 bits per heavy atom. The second kappa shape index (κ2) is 3.93. The van der Waals surface area contributed by atoms with Crippen LogP contribution in [0.25, 0.3) is 0 Å². The van der Waals surface area contributed by atoms with Crippen molar-refractivity contribution in [3.63, 3.8) is 0 Å². The van der Waals surface area contributed by atoms with Gasteiger partial charge < -0.3 is 9.84 Å². The van der Waals surface area contributed by atoms with Gasteiger partial charge >= 0.3 is 0 Å². The molecule has 0 spiro atoms. The van der Waals surface area contributed by atoms with Crippen LogP contribution in [0.1, 0.15) is 43.3 Å². The van der Waals surface area contributed by atoms with Gasteiger partial charge in [0.2, 0.25) is 5.89 Å². The van der Waals surface area contributed by atoms with Crippen LogP contribution in [0.5, 0.6) is 0 Å². The minimum atomic E-state index is 0.571. The Morgan fingerprint density at radius 2 is 2.07 bits per heavy atom. The van der Waals surface area contributed by atoms with Crippen LogP contribution < -0.4 is 5.32 Å². The third-order valence-electron chi connectivity index (χ3n) is 3.53. The van der Waals surface area contributed by atoms with Gasteiger partial charge in [0.25, 0.3) is 0 Å². The van der Waals surface area contributed by atoms with Crippen molar-refractivity contribution in [3.05, 3.63) is 11.7 Å². The summed E-state index contributed by atoms with van der Waals surface area (Å²) in [5, 5.41) is 7.36. The van der Waals surface area contributed by atoms with Gasteiger partial charge in [-0.1, -0.05) is 18.0 Å². The molecule has 1 aromatic heterocycles. The van der Waals surface area contributed by atoms with Gasteiger partial charge in [0, 0.05) is 12.3 Å². The van der Waals surface area contributed by atoms with Gasteiger partial charge in [0.05, 0.1) is 0 Å². The van der Waals surface area contributed by atoms with Crippen molar-refractivity contribution in [2.24, 2.45) is 5.92 Å². The summed E-state index contributed by atoms with van der Waals surface area (Å²) in [6, 6.07) is 0. The van der Waals surface area contributed by atoms with Gasteiger partial charge in [-0.2, -0.15) is 4.98 Å². The summed E-state index contributed by atoms with van der Waals surface area (Å²) in [6.07, 6.45) is 6.07. The molecule has 2 heterocycles. The topological polar surface area (TPSA) is 51.0 Å². The first kappa shape index (κ1) is 9.33. The van der Waals surface area contributed by atoms with Crippen LogP contribution in [0, 0.1) is 5.92 Å². The summed E-state index contributed by atoms with van der Waals surface area (Å²) in [5.41, 5.74) is 0. The highest BCUT2D eigenvalue weighted by atomic mass is 16.5. The lowest BCUT2D eigenvalue weighted by molar-refractivity contribution is 0.294. The zero-order valence-corrected chi connectivity index (χ0v) is 8.91. The van der Waals surface area contributed by atoms with Gasteiger partial charge in [-0.15, -0.1) is 0 Å². The lowest BCUT2D eigenvalue weighted by Gasteiger charge is -2.25. The molecule has 0 amide bonds. The maximum absolute atomic E-state index is 5.29. The molecule has 1 N–H and O–H groups in total. The Labute approximate surface area is 89.4 Å². The van der Waals surface area contributed by atoms with Crippen LogP contribution in [-0.2, 0) is 6.42 Å². The highest BCUT2D eigenvalue weighted by Gasteiger charge is 2.24. The molecule has 1 aliphatic heterocycles. The zero-order valence-electron chi connectivity index (χ0n) is 8.91. The molecule has 0 aromatic carbocycles. The van der Waals surface area contributed by atoms with E-state index in [-0.39, 0.29) is 0 Å². The molecule has 0 unspecified atom stereocenters. The highest BCUT2D eigenvalue weighted by Crippen LogP contribution is 2.32. The normalized spacial score (nSPS) is 23.2. The second-order valence-corrected chi connectivity index (χ2v) is 4.76. The smallest absolute Gasteiger partial charge is 0.227 e. The van der Waals surface area contributed by atoms with Gasteiger partial charge in [-0.05, 0) is 31.8 Å². The molecule has 4 nitrogen and oxygen atoms in total. The fourth-order valence-corrected chi connectivity index (χ4v) is 2.44. The van der Waals surface area contributed by atoms with Crippen LogP contribution in [0.4, 0.5) is 0 Å². The first-order valence-electron chi connectivity index (χ1n) is 5.95. The van der Waals surface area contributed by atoms with E-state index in [4.69, 9.17) is 4.52 Å². The van der Waals surface area contributed by atoms with E-state index < -0.39 is 0 Å². The number of rotatable bonds is 3. The average Bonchev–Trinajstić information content (AvgIpc) is 2.82. The summed E-state index contributed by atoms with van der Waals surface area (Å²) >= 11 is 0. The molecule has 15 heavy (non-hydrogen) atoms. The molecule has 3 rings (SSSR count). The first-order chi connectivity index (χ1) is 7.42. The van der Waals surface area contributed by atoms with Crippen molar-refractivity contribution in [1.29, 1.82) is 0 Å². The summed E-state index contributed by atoms with van der Waals surface area (Å²) in [4.78, 5) is 4.51. The van der Waals surface area contributed by atoms with E-state index in [0.29, 0.717) is 11.8 Å². The van der Waals surface area contributed by atoms with Crippen LogP contribution in [0.2, 0.25) is 0 Å². The fourth-order valence-electron chi connectivity index (χ4n) is 2.44. The SMILES string of the molecule is C1CCC(c2noc(CC3CNC3)n2)C1. The number of hydrogen-bond acceptors (Lipinski definition) is 4. The first-order valence-corrected chi connectivity index (χ1v) is 5.95. The summed E-state index contributed by atoms with van der Waals surface area (Å²) in [5.74, 6) is 3.07. The van der Waals surface area contributed by atoms with E-state index in [1.54, 1.807) is 0 Å². The van der Waals surface area contributed by atoms with Gasteiger partial charge in [-0.3, -0.25) is 0 Å². The lowest BCUT2D eigenvalue weighted by atomic mass is 9.99. The maximum Gasteiger partial charge on any atom is 0.227 e. The zero-order chi connectivity index (χ0) is 10.1. The number of aromatic nitrogens is 2. The van der Waals surface area contributed by atoms with Crippen LogP contribution in [-0.4, -0.2) is 23.2 Å². The Hall–Kier alpha value is -0.900. The van der Waals surface area contributed by atoms with E-state index in [1.807, 2.05) is 0 Å². The predicted molar refractivity (Wildman–Crippen MR) is 55.6 cm³/mol. The lowest BCUT2D eigenvalue weighted by Crippen LogP contribution is -2.43. The molecule has 2 fully saturated rings. The molecule has 1 aromatic rings. The van der Waals surface area contributed by atoms with Gasteiger partial charge in [0.15, 0.2) is 5.82 Å². The Balaban J connectivity index is 1.64. The number of hydrogen-bond donors (Lipinski definition) is 1. The molecule has 1 aliphatic carbocycles. The van der Waals surface area contributed by atoms with E-state index in [9.17, 15) is 0 Å². The highest BCUT2D eigenvalue weighted by molar-refractivity contribution is 4.99.